The van der Waals surface area contributed by atoms with Crippen molar-refractivity contribution in [1.82, 2.24) is 15.4 Å². The predicted molar refractivity (Wildman–Crippen MR) is 79.2 cm³/mol. The van der Waals surface area contributed by atoms with E-state index in [1.807, 2.05) is 0 Å². The van der Waals surface area contributed by atoms with Crippen molar-refractivity contribution in [3.05, 3.63) is 17.5 Å². The van der Waals surface area contributed by atoms with E-state index in [2.05, 4.69) is 10.5 Å². The minimum Gasteiger partial charge on any atom is -0.369 e. The summed E-state index contributed by atoms with van der Waals surface area (Å²) < 4.78 is 5.25. The van der Waals surface area contributed by atoms with E-state index < -0.39 is 0 Å². The molecule has 0 aliphatic carbocycles. The molecule has 3 N–H and O–H groups in total. The molecule has 7 heteroatoms. The Morgan fingerprint density at radius 1 is 1.32 bits per heavy atom. The largest absolute Gasteiger partial charge is 0.369 e. The second-order valence-corrected chi connectivity index (χ2v) is 6.13. The third-order valence-corrected chi connectivity index (χ3v) is 4.64. The lowest BCUT2D eigenvalue weighted by Crippen LogP contribution is -2.41. The number of hydrogen-bond acceptors (Lipinski definition) is 5. The molecule has 3 heterocycles. The van der Waals surface area contributed by atoms with E-state index in [-0.39, 0.29) is 23.5 Å². The van der Waals surface area contributed by atoms with Gasteiger partial charge in [-0.25, -0.2) is 0 Å². The first-order valence-electron chi connectivity index (χ1n) is 7.91. The smallest absolute Gasteiger partial charge is 0.292 e. The van der Waals surface area contributed by atoms with Crippen LogP contribution in [0, 0.1) is 5.92 Å². The summed E-state index contributed by atoms with van der Waals surface area (Å²) >= 11 is 0. The zero-order valence-corrected chi connectivity index (χ0v) is 12.6. The van der Waals surface area contributed by atoms with E-state index in [4.69, 9.17) is 10.3 Å². The number of piperidine rings is 2. The average Bonchev–Trinajstić information content (AvgIpc) is 3.05. The van der Waals surface area contributed by atoms with Gasteiger partial charge in [0.15, 0.2) is 0 Å². The maximum Gasteiger partial charge on any atom is 0.292 e. The van der Waals surface area contributed by atoms with Crippen molar-refractivity contribution in [2.24, 2.45) is 11.7 Å². The van der Waals surface area contributed by atoms with Gasteiger partial charge in [-0.1, -0.05) is 5.16 Å². The molecule has 22 heavy (non-hydrogen) atoms. The molecule has 2 saturated heterocycles. The summed E-state index contributed by atoms with van der Waals surface area (Å²) in [5.41, 5.74) is 6.16. The number of carbonyl (C=O) groups is 2. The van der Waals surface area contributed by atoms with Crippen molar-refractivity contribution in [2.45, 2.75) is 31.6 Å². The van der Waals surface area contributed by atoms with Crippen LogP contribution < -0.4 is 11.1 Å². The zero-order valence-electron chi connectivity index (χ0n) is 12.6. The Bertz CT molecular complexity index is 543. The van der Waals surface area contributed by atoms with Crippen LogP contribution in [0.2, 0.25) is 0 Å². The molecule has 0 radical (unpaired) electrons. The number of primary amides is 1. The first-order chi connectivity index (χ1) is 10.6. The highest BCUT2D eigenvalue weighted by atomic mass is 16.5. The summed E-state index contributed by atoms with van der Waals surface area (Å²) in [4.78, 5) is 25.3. The van der Waals surface area contributed by atoms with Crippen LogP contribution in [0.15, 0.2) is 10.6 Å². The molecular weight excluding hydrogens is 284 g/mol. The average molecular weight is 306 g/mol. The lowest BCUT2D eigenvalue weighted by Gasteiger charge is -2.29. The third kappa shape index (κ3) is 3.14. The molecular formula is C15H22N4O3. The van der Waals surface area contributed by atoms with Gasteiger partial charge in [0.25, 0.3) is 5.91 Å². The Balaban J connectivity index is 1.61. The Labute approximate surface area is 129 Å². The lowest BCUT2D eigenvalue weighted by atomic mass is 9.95. The van der Waals surface area contributed by atoms with Crippen LogP contribution in [0.1, 0.15) is 47.8 Å². The van der Waals surface area contributed by atoms with Crippen LogP contribution >= 0.6 is 0 Å². The van der Waals surface area contributed by atoms with Crippen molar-refractivity contribution in [1.29, 1.82) is 0 Å². The summed E-state index contributed by atoms with van der Waals surface area (Å²) in [7, 11) is 0. The number of carbonyl (C=O) groups excluding carboxylic acids is 2. The highest BCUT2D eigenvalue weighted by molar-refractivity contribution is 5.91. The van der Waals surface area contributed by atoms with Crippen molar-refractivity contribution >= 4 is 11.8 Å². The molecule has 0 aromatic carbocycles. The fraction of sp³-hybridized carbons (Fsp3) is 0.667. The van der Waals surface area contributed by atoms with Crippen molar-refractivity contribution in [3.63, 3.8) is 0 Å². The van der Waals surface area contributed by atoms with Crippen LogP contribution in [0.5, 0.6) is 0 Å². The van der Waals surface area contributed by atoms with E-state index in [0.29, 0.717) is 31.8 Å². The Morgan fingerprint density at radius 3 is 2.73 bits per heavy atom. The number of aromatic nitrogens is 1. The monoisotopic (exact) mass is 306 g/mol. The number of nitrogens with two attached hydrogens (primary N) is 1. The number of nitrogens with one attached hydrogen (secondary N) is 1. The quantitative estimate of drug-likeness (QED) is 0.845. The summed E-state index contributed by atoms with van der Waals surface area (Å²) in [6.45, 7) is 2.99. The highest BCUT2D eigenvalue weighted by Crippen LogP contribution is 2.24. The number of amides is 2. The molecule has 1 aromatic heterocycles. The zero-order chi connectivity index (χ0) is 15.5. The van der Waals surface area contributed by atoms with Gasteiger partial charge in [-0.05, 0) is 32.2 Å². The lowest BCUT2D eigenvalue weighted by molar-refractivity contribution is -0.123. The normalized spacial score (nSPS) is 23.5. The fourth-order valence-corrected chi connectivity index (χ4v) is 3.21. The summed E-state index contributed by atoms with van der Waals surface area (Å²) in [6.07, 6.45) is 3.42. The SMILES string of the molecule is NC(=O)C1CCN(C(=O)c2cc(C3CCCNC3)no2)CC1. The van der Waals surface area contributed by atoms with Gasteiger partial charge in [0.05, 0.1) is 5.69 Å². The molecule has 2 fully saturated rings. The summed E-state index contributed by atoms with van der Waals surface area (Å²) in [6, 6.07) is 1.76. The Morgan fingerprint density at radius 2 is 2.09 bits per heavy atom. The van der Waals surface area contributed by atoms with Gasteiger partial charge >= 0.3 is 0 Å². The van der Waals surface area contributed by atoms with Crippen LogP contribution in [-0.4, -0.2) is 48.0 Å². The minimum absolute atomic E-state index is 0.123. The fourth-order valence-electron chi connectivity index (χ4n) is 3.21. The van der Waals surface area contributed by atoms with Gasteiger partial charge in [-0.15, -0.1) is 0 Å². The first-order valence-corrected chi connectivity index (χ1v) is 7.91. The van der Waals surface area contributed by atoms with Gasteiger partial charge in [-0.2, -0.15) is 0 Å². The highest BCUT2D eigenvalue weighted by Gasteiger charge is 2.29. The molecule has 0 spiro atoms. The molecule has 7 nitrogen and oxygen atoms in total. The Hall–Kier alpha value is -1.89. The minimum atomic E-state index is -0.279. The van der Waals surface area contributed by atoms with Gasteiger partial charge in [0, 0.05) is 37.5 Å². The van der Waals surface area contributed by atoms with Crippen LogP contribution in [0.3, 0.4) is 0 Å². The molecule has 1 atom stereocenters. The van der Waals surface area contributed by atoms with Crippen LogP contribution in [-0.2, 0) is 4.79 Å². The molecule has 1 aromatic rings. The van der Waals surface area contributed by atoms with Crippen LogP contribution in [0.4, 0.5) is 0 Å². The maximum atomic E-state index is 12.4. The van der Waals surface area contributed by atoms with E-state index in [1.54, 1.807) is 11.0 Å². The van der Waals surface area contributed by atoms with Gasteiger partial charge < -0.3 is 20.5 Å². The molecule has 3 rings (SSSR count). The van der Waals surface area contributed by atoms with Crippen molar-refractivity contribution in [2.75, 3.05) is 26.2 Å². The topological polar surface area (TPSA) is 101 Å². The summed E-state index contributed by atoms with van der Waals surface area (Å²) in [5, 5.41) is 7.39. The molecule has 1 unspecified atom stereocenters. The van der Waals surface area contributed by atoms with Crippen molar-refractivity contribution < 1.29 is 14.1 Å². The molecule has 120 valence electrons. The number of nitrogens with zero attached hydrogens (tertiary/aromatic N) is 2. The van der Waals surface area contributed by atoms with Crippen molar-refractivity contribution in [3.8, 4) is 0 Å². The van der Waals surface area contributed by atoms with Gasteiger partial charge in [-0.3, -0.25) is 9.59 Å². The standard InChI is InChI=1S/C15H22N4O3/c16-14(20)10-3-6-19(7-4-10)15(21)13-8-12(18-22-13)11-2-1-5-17-9-11/h8,10-11,17H,1-7,9H2,(H2,16,20). The van der Waals surface area contributed by atoms with E-state index >= 15 is 0 Å². The number of likely N-dealkylation sites (tertiary alicyclic amines) is 1. The first kappa shape index (κ1) is 15.0. The van der Waals surface area contributed by atoms with E-state index in [9.17, 15) is 9.59 Å². The summed E-state index contributed by atoms with van der Waals surface area (Å²) in [5.74, 6) is 0.0599. The molecule has 0 saturated carbocycles. The second-order valence-electron chi connectivity index (χ2n) is 6.13. The van der Waals surface area contributed by atoms with Crippen LogP contribution in [0.25, 0.3) is 0 Å². The number of hydrogen-bond donors (Lipinski definition) is 2. The maximum absolute atomic E-state index is 12.4. The van der Waals surface area contributed by atoms with Gasteiger partial charge in [0.2, 0.25) is 11.7 Å². The number of rotatable bonds is 3. The van der Waals surface area contributed by atoms with Gasteiger partial charge in [0.1, 0.15) is 0 Å². The Kier molecular flexibility index (Phi) is 4.42. The predicted octanol–water partition coefficient (Wildman–Crippen LogP) is 0.479. The second kappa shape index (κ2) is 6.48. The molecule has 0 bridgehead atoms. The molecule has 2 aliphatic heterocycles. The molecule has 2 aliphatic rings. The third-order valence-electron chi connectivity index (χ3n) is 4.64. The molecule has 2 amide bonds. The van der Waals surface area contributed by atoms with E-state index in [1.165, 1.54) is 0 Å². The van der Waals surface area contributed by atoms with E-state index in [0.717, 1.165) is 31.6 Å².